The van der Waals surface area contributed by atoms with Crippen LogP contribution in [-0.4, -0.2) is 21.4 Å². The van der Waals surface area contributed by atoms with Crippen molar-refractivity contribution in [1.82, 2.24) is 0 Å². The Morgan fingerprint density at radius 1 is 0.605 bits per heavy atom. The fourth-order valence-corrected chi connectivity index (χ4v) is 8.88. The van der Waals surface area contributed by atoms with Gasteiger partial charge in [0.25, 0.3) is 10.1 Å². The molecule has 3 aliphatic carbocycles. The van der Waals surface area contributed by atoms with E-state index in [0.29, 0.717) is 10.8 Å². The summed E-state index contributed by atoms with van der Waals surface area (Å²) in [4.78, 5) is 0.0552. The molecule has 2 aromatic rings. The van der Waals surface area contributed by atoms with Gasteiger partial charge in [-0.05, 0) is 97.2 Å². The van der Waals surface area contributed by atoms with E-state index in [4.69, 9.17) is 4.18 Å². The van der Waals surface area contributed by atoms with Gasteiger partial charge in [-0.3, -0.25) is 4.55 Å². The zero-order chi connectivity index (χ0) is 26.8. The SMILES string of the molecule is O=S(=O)(O)c1ccc(OS(=O)(=O)c2c(C3CCCCC3)cc(C3CCCCC3)cc2C2CCCCC2)cc1. The Morgan fingerprint density at radius 3 is 1.45 bits per heavy atom. The fraction of sp³-hybridized carbons (Fsp3) is 0.600. The molecular weight excluding hydrogens is 520 g/mol. The summed E-state index contributed by atoms with van der Waals surface area (Å²) in [6, 6.07) is 9.31. The summed E-state index contributed by atoms with van der Waals surface area (Å²) in [6.07, 6.45) is 16.8. The van der Waals surface area contributed by atoms with Crippen molar-refractivity contribution in [1.29, 1.82) is 0 Å². The highest BCUT2D eigenvalue weighted by Gasteiger charge is 2.34. The van der Waals surface area contributed by atoms with E-state index >= 15 is 0 Å². The quantitative estimate of drug-likeness (QED) is 0.274. The Bertz CT molecular complexity index is 1270. The maximum absolute atomic E-state index is 14.1. The third-order valence-electron chi connectivity index (χ3n) is 8.91. The molecule has 0 spiro atoms. The van der Waals surface area contributed by atoms with Crippen molar-refractivity contribution in [2.24, 2.45) is 0 Å². The average Bonchev–Trinajstić information content (AvgIpc) is 2.93. The molecule has 3 fully saturated rings. The van der Waals surface area contributed by atoms with Crippen molar-refractivity contribution in [2.75, 3.05) is 0 Å². The summed E-state index contributed by atoms with van der Waals surface area (Å²) in [5.41, 5.74) is 3.17. The minimum atomic E-state index is -4.38. The van der Waals surface area contributed by atoms with Crippen LogP contribution in [0.5, 0.6) is 5.75 Å². The van der Waals surface area contributed by atoms with Crippen molar-refractivity contribution >= 4 is 20.2 Å². The first-order valence-corrected chi connectivity index (χ1v) is 17.3. The minimum Gasteiger partial charge on any atom is -0.379 e. The van der Waals surface area contributed by atoms with Gasteiger partial charge in [0.05, 0.1) is 4.90 Å². The lowest BCUT2D eigenvalue weighted by atomic mass is 9.76. The first-order valence-electron chi connectivity index (χ1n) is 14.4. The second kappa shape index (κ2) is 11.7. The van der Waals surface area contributed by atoms with E-state index < -0.39 is 20.2 Å². The third kappa shape index (κ3) is 6.28. The number of hydrogen-bond acceptors (Lipinski definition) is 5. The van der Waals surface area contributed by atoms with Gasteiger partial charge in [-0.25, -0.2) is 0 Å². The van der Waals surface area contributed by atoms with Gasteiger partial charge in [0.1, 0.15) is 10.6 Å². The maximum atomic E-state index is 14.1. The second-order valence-electron chi connectivity index (χ2n) is 11.5. The minimum absolute atomic E-state index is 0.0398. The van der Waals surface area contributed by atoms with Crippen LogP contribution in [0.4, 0.5) is 0 Å². The van der Waals surface area contributed by atoms with E-state index in [-0.39, 0.29) is 22.5 Å². The smallest absolute Gasteiger partial charge is 0.339 e. The number of hydrogen-bond donors (Lipinski definition) is 1. The lowest BCUT2D eigenvalue weighted by molar-refractivity contribution is 0.414. The molecular formula is C30H40O6S2. The summed E-state index contributed by atoms with van der Waals surface area (Å²) in [6.45, 7) is 0. The zero-order valence-corrected chi connectivity index (χ0v) is 23.7. The monoisotopic (exact) mass is 560 g/mol. The van der Waals surface area contributed by atoms with Gasteiger partial charge in [0.15, 0.2) is 0 Å². The molecule has 0 unspecified atom stereocenters. The van der Waals surface area contributed by atoms with Crippen LogP contribution in [0.3, 0.4) is 0 Å². The average molecular weight is 561 g/mol. The molecule has 208 valence electrons. The maximum Gasteiger partial charge on any atom is 0.339 e. The van der Waals surface area contributed by atoms with E-state index in [0.717, 1.165) is 87.5 Å². The summed E-state index contributed by atoms with van der Waals surface area (Å²) >= 11 is 0. The normalized spacial score (nSPS) is 20.9. The molecule has 0 atom stereocenters. The molecule has 3 aliphatic rings. The van der Waals surface area contributed by atoms with Crippen LogP contribution >= 0.6 is 0 Å². The Balaban J connectivity index is 1.62. The van der Waals surface area contributed by atoms with Crippen molar-refractivity contribution in [2.45, 2.75) is 124 Å². The first kappa shape index (κ1) is 27.7. The van der Waals surface area contributed by atoms with Crippen LogP contribution in [0.15, 0.2) is 46.2 Å². The first-order chi connectivity index (χ1) is 18.2. The molecule has 5 rings (SSSR count). The van der Waals surface area contributed by atoms with Gasteiger partial charge in [0, 0.05) is 0 Å². The highest BCUT2D eigenvalue weighted by molar-refractivity contribution is 7.87. The molecule has 3 saturated carbocycles. The number of rotatable bonds is 7. The van der Waals surface area contributed by atoms with E-state index in [2.05, 4.69) is 12.1 Å². The Hall–Kier alpha value is -1.90. The van der Waals surface area contributed by atoms with Crippen molar-refractivity contribution < 1.29 is 25.6 Å². The molecule has 0 aliphatic heterocycles. The van der Waals surface area contributed by atoms with Crippen LogP contribution in [0.1, 0.15) is 131 Å². The van der Waals surface area contributed by atoms with Crippen molar-refractivity contribution in [3.8, 4) is 5.75 Å². The van der Waals surface area contributed by atoms with Gasteiger partial charge in [0.2, 0.25) is 0 Å². The fourth-order valence-electron chi connectivity index (χ4n) is 6.93. The lowest BCUT2D eigenvalue weighted by Crippen LogP contribution is -2.21. The molecule has 6 nitrogen and oxygen atoms in total. The molecule has 38 heavy (non-hydrogen) atoms. The Morgan fingerprint density at radius 2 is 1.03 bits per heavy atom. The summed E-state index contributed by atoms with van der Waals surface area (Å²) in [5.74, 6) is 0.923. The largest absolute Gasteiger partial charge is 0.379 e. The van der Waals surface area contributed by atoms with Gasteiger partial charge in [-0.2, -0.15) is 16.8 Å². The van der Waals surface area contributed by atoms with E-state index in [1.54, 1.807) is 0 Å². The predicted molar refractivity (Wildman–Crippen MR) is 148 cm³/mol. The van der Waals surface area contributed by atoms with Crippen molar-refractivity contribution in [3.63, 3.8) is 0 Å². The van der Waals surface area contributed by atoms with Crippen LogP contribution in [0.2, 0.25) is 0 Å². The van der Waals surface area contributed by atoms with Crippen LogP contribution in [0, 0.1) is 0 Å². The topological polar surface area (TPSA) is 97.7 Å². The number of benzene rings is 2. The molecule has 8 heteroatoms. The van der Waals surface area contributed by atoms with Gasteiger partial charge < -0.3 is 4.18 Å². The standard InChI is InChI=1S/C30H40O6S2/c31-37(32,33)27-18-16-26(17-19-27)36-38(34,35)30-28(23-12-6-2-7-13-23)20-25(22-10-4-1-5-11-22)21-29(30)24-14-8-3-9-15-24/h16-24H,1-15H2,(H,31,32,33). The molecule has 0 radical (unpaired) electrons. The highest BCUT2D eigenvalue weighted by Crippen LogP contribution is 2.46. The Labute approximate surface area is 228 Å². The third-order valence-corrected chi connectivity index (χ3v) is 11.2. The molecule has 0 amide bonds. The molecule has 0 aromatic heterocycles. The predicted octanol–water partition coefficient (Wildman–Crippen LogP) is 7.84. The molecule has 0 saturated heterocycles. The second-order valence-corrected chi connectivity index (χ2v) is 14.4. The molecule has 1 N–H and O–H groups in total. The molecule has 0 heterocycles. The Kier molecular flexibility index (Phi) is 8.51. The van der Waals surface area contributed by atoms with Crippen molar-refractivity contribution in [3.05, 3.63) is 53.1 Å². The van der Waals surface area contributed by atoms with Crippen LogP contribution in [-0.2, 0) is 20.2 Å². The van der Waals surface area contributed by atoms with Gasteiger partial charge in [-0.15, -0.1) is 0 Å². The zero-order valence-electron chi connectivity index (χ0n) is 22.1. The van der Waals surface area contributed by atoms with E-state index in [9.17, 15) is 21.4 Å². The molecule has 0 bridgehead atoms. The van der Waals surface area contributed by atoms with Crippen LogP contribution < -0.4 is 4.18 Å². The summed E-state index contributed by atoms with van der Waals surface area (Å²) in [5, 5.41) is 0. The van der Waals surface area contributed by atoms with Gasteiger partial charge in [-0.1, -0.05) is 69.9 Å². The van der Waals surface area contributed by atoms with Gasteiger partial charge >= 0.3 is 10.1 Å². The van der Waals surface area contributed by atoms with E-state index in [1.807, 2.05) is 0 Å². The lowest BCUT2D eigenvalue weighted by Gasteiger charge is -2.32. The highest BCUT2D eigenvalue weighted by atomic mass is 32.2. The molecule has 2 aromatic carbocycles. The van der Waals surface area contributed by atoms with E-state index in [1.165, 1.54) is 49.8 Å². The summed E-state index contributed by atoms with van der Waals surface area (Å²) in [7, 11) is -8.56. The van der Waals surface area contributed by atoms with Crippen LogP contribution in [0.25, 0.3) is 0 Å². The summed E-state index contributed by atoms with van der Waals surface area (Å²) < 4.78 is 66.1.